The molecule has 0 aromatic heterocycles. The summed E-state index contributed by atoms with van der Waals surface area (Å²) in [4.78, 5) is 29.1. The average molecular weight is 477 g/mol. The van der Waals surface area contributed by atoms with E-state index in [-0.39, 0.29) is 11.8 Å². The van der Waals surface area contributed by atoms with Crippen molar-refractivity contribution in [3.63, 3.8) is 0 Å². The number of cyclic esters (lactones) is 1. The third kappa shape index (κ3) is 5.92. The molecule has 2 aromatic carbocycles. The Morgan fingerprint density at radius 1 is 1.06 bits per heavy atom. The first-order valence-corrected chi connectivity index (χ1v) is 12.8. The fourth-order valence-corrected chi connectivity index (χ4v) is 5.38. The van der Waals surface area contributed by atoms with Gasteiger partial charge in [-0.1, -0.05) is 24.3 Å². The lowest BCUT2D eigenvalue weighted by molar-refractivity contribution is -0.145. The van der Waals surface area contributed by atoms with Gasteiger partial charge in [0.2, 0.25) is 0 Å². The first-order chi connectivity index (χ1) is 17.0. The molecule has 2 aliphatic heterocycles. The van der Waals surface area contributed by atoms with E-state index in [0.717, 1.165) is 56.0 Å². The lowest BCUT2D eigenvalue weighted by atomic mass is 9.89. The number of hydrazine groups is 1. The van der Waals surface area contributed by atoms with E-state index in [9.17, 15) is 9.59 Å². The van der Waals surface area contributed by atoms with Crippen molar-refractivity contribution in [3.05, 3.63) is 64.2 Å². The molecule has 3 aliphatic rings. The fourth-order valence-electron chi connectivity index (χ4n) is 5.38. The zero-order valence-corrected chi connectivity index (χ0v) is 20.7. The van der Waals surface area contributed by atoms with Crippen molar-refractivity contribution in [1.82, 2.24) is 9.80 Å². The van der Waals surface area contributed by atoms with Crippen molar-refractivity contribution in [2.45, 2.75) is 44.6 Å². The Morgan fingerprint density at radius 2 is 1.77 bits per heavy atom. The number of hydrogen-bond acceptors (Lipinski definition) is 7. The summed E-state index contributed by atoms with van der Waals surface area (Å²) in [6, 6.07) is 12.3. The van der Waals surface area contributed by atoms with Crippen LogP contribution in [0.15, 0.2) is 36.4 Å². The van der Waals surface area contributed by atoms with Crippen molar-refractivity contribution < 1.29 is 14.3 Å². The maximum Gasteiger partial charge on any atom is 0.310 e. The first-order valence-electron chi connectivity index (χ1n) is 12.8. The minimum absolute atomic E-state index is 0.110. The van der Waals surface area contributed by atoms with Crippen LogP contribution in [0.2, 0.25) is 0 Å². The minimum Gasteiger partial charge on any atom is -0.461 e. The molecular formula is C28H36N4O3. The molecule has 0 atom stereocenters. The van der Waals surface area contributed by atoms with Gasteiger partial charge in [-0.2, -0.15) is 0 Å². The third-order valence-corrected chi connectivity index (χ3v) is 7.55. The molecule has 186 valence electrons. The summed E-state index contributed by atoms with van der Waals surface area (Å²) in [5.41, 5.74) is 7.29. The monoisotopic (exact) mass is 476 g/mol. The van der Waals surface area contributed by atoms with Gasteiger partial charge in [0.25, 0.3) is 0 Å². The lowest BCUT2D eigenvalue weighted by Crippen LogP contribution is -2.48. The van der Waals surface area contributed by atoms with Crippen LogP contribution in [0.4, 0.5) is 5.69 Å². The molecule has 0 bridgehead atoms. The van der Waals surface area contributed by atoms with Gasteiger partial charge >= 0.3 is 5.97 Å². The molecule has 2 N–H and O–H groups in total. The number of fused-ring (bicyclic) bond motifs is 1. The van der Waals surface area contributed by atoms with Crippen LogP contribution in [0.5, 0.6) is 0 Å². The Bertz CT molecular complexity index is 1070. The summed E-state index contributed by atoms with van der Waals surface area (Å²) >= 11 is 0. The Balaban J connectivity index is 1.09. The van der Waals surface area contributed by atoms with Crippen LogP contribution < -0.4 is 10.9 Å². The predicted molar refractivity (Wildman–Crippen MR) is 136 cm³/mol. The van der Waals surface area contributed by atoms with E-state index in [2.05, 4.69) is 21.9 Å². The molecule has 5 rings (SSSR count). The standard InChI is InChI=1S/C28H36N4O3/c1-30(29)24-8-2-20(3-9-24)16-25(33)18-32-14-12-31(13-15-32)11-10-22-6-7-23-17-27(34)35-19-26(23)28(22)21-4-5-21/h2-3,6-9,21H,4-5,10-19,29H2,1H3. The van der Waals surface area contributed by atoms with E-state index >= 15 is 0 Å². The van der Waals surface area contributed by atoms with Crippen molar-refractivity contribution in [2.24, 2.45) is 5.84 Å². The molecular weight excluding hydrogens is 440 g/mol. The molecule has 0 amide bonds. The molecule has 7 heteroatoms. The molecule has 1 saturated carbocycles. The number of carbonyl (C=O) groups excluding carboxylic acids is 2. The molecule has 0 spiro atoms. The van der Waals surface area contributed by atoms with E-state index in [4.69, 9.17) is 10.6 Å². The van der Waals surface area contributed by atoms with E-state index in [0.29, 0.717) is 31.9 Å². The van der Waals surface area contributed by atoms with Gasteiger partial charge in [-0.15, -0.1) is 0 Å². The lowest BCUT2D eigenvalue weighted by Gasteiger charge is -2.34. The van der Waals surface area contributed by atoms with E-state index < -0.39 is 0 Å². The number of ether oxygens (including phenoxy) is 1. The summed E-state index contributed by atoms with van der Waals surface area (Å²) < 4.78 is 5.38. The van der Waals surface area contributed by atoms with Crippen molar-refractivity contribution in [3.8, 4) is 0 Å². The van der Waals surface area contributed by atoms with Crippen LogP contribution in [0.25, 0.3) is 0 Å². The van der Waals surface area contributed by atoms with E-state index in [1.54, 1.807) is 12.1 Å². The number of ketones is 1. The summed E-state index contributed by atoms with van der Waals surface area (Å²) in [6.07, 6.45) is 4.40. The SMILES string of the molecule is CN(N)c1ccc(CC(=O)CN2CCN(CCc3ccc4c(c3C3CC3)COC(=O)C4)CC2)cc1. The van der Waals surface area contributed by atoms with E-state index in [1.165, 1.54) is 29.5 Å². The minimum atomic E-state index is -0.110. The molecule has 2 heterocycles. The van der Waals surface area contributed by atoms with Crippen LogP contribution in [0.3, 0.4) is 0 Å². The third-order valence-electron chi connectivity index (χ3n) is 7.55. The molecule has 0 radical (unpaired) electrons. The highest BCUT2D eigenvalue weighted by Gasteiger charge is 2.32. The quantitative estimate of drug-likeness (QED) is 0.338. The van der Waals surface area contributed by atoms with E-state index in [1.807, 2.05) is 24.3 Å². The summed E-state index contributed by atoms with van der Waals surface area (Å²) in [7, 11) is 1.80. The van der Waals surface area contributed by atoms with Gasteiger partial charge in [0.1, 0.15) is 6.61 Å². The molecule has 2 fully saturated rings. The molecule has 35 heavy (non-hydrogen) atoms. The summed E-state index contributed by atoms with van der Waals surface area (Å²) in [6.45, 7) is 5.83. The van der Waals surface area contributed by atoms with Gasteiger partial charge in [0.15, 0.2) is 5.78 Å². The number of nitrogens with zero attached hydrogens (tertiary/aromatic N) is 3. The Hall–Kier alpha value is -2.74. The average Bonchev–Trinajstić information content (AvgIpc) is 3.68. The maximum absolute atomic E-state index is 12.6. The number of carbonyl (C=O) groups is 2. The Labute approximate surface area is 207 Å². The highest BCUT2D eigenvalue weighted by atomic mass is 16.5. The van der Waals surface area contributed by atoms with Crippen molar-refractivity contribution in [2.75, 3.05) is 51.3 Å². The molecule has 1 saturated heterocycles. The summed E-state index contributed by atoms with van der Waals surface area (Å²) in [5.74, 6) is 6.54. The van der Waals surface area contributed by atoms with Gasteiger partial charge in [-0.3, -0.25) is 14.5 Å². The number of piperazine rings is 1. The van der Waals surface area contributed by atoms with Gasteiger partial charge in [-0.05, 0) is 65.1 Å². The number of esters is 1. The zero-order valence-electron chi connectivity index (χ0n) is 20.7. The number of nitrogens with two attached hydrogens (primary N) is 1. The number of rotatable bonds is 9. The van der Waals surface area contributed by atoms with Crippen LogP contribution >= 0.6 is 0 Å². The van der Waals surface area contributed by atoms with Gasteiger partial charge in [0.05, 0.1) is 18.7 Å². The van der Waals surface area contributed by atoms with Gasteiger partial charge < -0.3 is 14.6 Å². The second kappa shape index (κ2) is 10.5. The molecule has 7 nitrogen and oxygen atoms in total. The zero-order chi connectivity index (χ0) is 24.4. The second-order valence-electron chi connectivity index (χ2n) is 10.2. The van der Waals surface area contributed by atoms with Crippen LogP contribution in [-0.2, 0) is 40.2 Å². The van der Waals surface area contributed by atoms with Gasteiger partial charge in [-0.25, -0.2) is 5.84 Å². The maximum atomic E-state index is 12.6. The topological polar surface area (TPSA) is 79.1 Å². The highest BCUT2D eigenvalue weighted by molar-refractivity contribution is 5.83. The first kappa shape index (κ1) is 24.0. The number of Topliss-reactive ketones (excluding diaryl/α,β-unsaturated/α-hetero) is 1. The highest BCUT2D eigenvalue weighted by Crippen LogP contribution is 2.45. The number of anilines is 1. The smallest absolute Gasteiger partial charge is 0.310 e. The molecule has 2 aromatic rings. The molecule has 1 aliphatic carbocycles. The van der Waals surface area contributed by atoms with Crippen LogP contribution in [0.1, 0.15) is 46.6 Å². The van der Waals surface area contributed by atoms with Crippen molar-refractivity contribution >= 4 is 17.4 Å². The van der Waals surface area contributed by atoms with Crippen molar-refractivity contribution in [1.29, 1.82) is 0 Å². The second-order valence-corrected chi connectivity index (χ2v) is 10.2. The largest absolute Gasteiger partial charge is 0.461 e. The number of hydrogen-bond donors (Lipinski definition) is 1. The Kier molecular flexibility index (Phi) is 7.18. The predicted octanol–water partition coefficient (Wildman–Crippen LogP) is 2.45. The normalized spacial score (nSPS) is 18.7. The number of benzene rings is 2. The van der Waals surface area contributed by atoms with Crippen LogP contribution in [-0.4, -0.2) is 67.9 Å². The van der Waals surface area contributed by atoms with Crippen LogP contribution in [0, 0.1) is 0 Å². The van der Waals surface area contributed by atoms with Gasteiger partial charge in [0, 0.05) is 46.2 Å². The Morgan fingerprint density at radius 3 is 2.46 bits per heavy atom. The fraction of sp³-hybridized carbons (Fsp3) is 0.500. The summed E-state index contributed by atoms with van der Waals surface area (Å²) in [5, 5.41) is 1.57. The molecule has 0 unspecified atom stereocenters.